The van der Waals surface area contributed by atoms with Crippen LogP contribution in [0.3, 0.4) is 0 Å². The molecule has 0 unspecified atom stereocenters. The van der Waals surface area contributed by atoms with Crippen LogP contribution in [-0.4, -0.2) is 13.2 Å². The van der Waals surface area contributed by atoms with Gasteiger partial charge in [0.25, 0.3) is 0 Å². The second-order valence-electron chi connectivity index (χ2n) is 12.7. The highest BCUT2D eigenvalue weighted by molar-refractivity contribution is 5.34. The Morgan fingerprint density at radius 1 is 0.545 bits per heavy atom. The molecule has 0 aliphatic carbocycles. The van der Waals surface area contributed by atoms with E-state index < -0.39 is 0 Å². The van der Waals surface area contributed by atoms with Gasteiger partial charge in [-0.25, -0.2) is 0 Å². The van der Waals surface area contributed by atoms with Crippen LogP contribution in [0.5, 0.6) is 11.5 Å². The Bertz CT molecular complexity index is 1350. The first-order chi connectivity index (χ1) is 21.5. The molecule has 4 heteroatoms. The van der Waals surface area contributed by atoms with Gasteiger partial charge in [0, 0.05) is 36.3 Å². The van der Waals surface area contributed by atoms with Gasteiger partial charge in [-0.1, -0.05) is 125 Å². The summed E-state index contributed by atoms with van der Waals surface area (Å²) in [5, 5.41) is 7.51. The first-order valence-corrected chi connectivity index (χ1v) is 16.4. The molecule has 0 aliphatic rings. The molecule has 2 N–H and O–H groups in total. The molecule has 4 nitrogen and oxygen atoms in total. The van der Waals surface area contributed by atoms with Gasteiger partial charge in [0.15, 0.2) is 0 Å². The normalized spacial score (nSPS) is 12.9. The number of nitrogens with one attached hydrogen (secondary N) is 2. The molecule has 0 radical (unpaired) electrons. The van der Waals surface area contributed by atoms with Crippen molar-refractivity contribution < 1.29 is 9.47 Å². The van der Waals surface area contributed by atoms with Crippen LogP contribution in [0.4, 0.5) is 0 Å². The minimum atomic E-state index is 0.0975. The van der Waals surface area contributed by atoms with Crippen molar-refractivity contribution in [1.82, 2.24) is 10.6 Å². The van der Waals surface area contributed by atoms with Crippen LogP contribution in [-0.2, 0) is 13.1 Å². The molecule has 0 fully saturated rings. The predicted molar refractivity (Wildman–Crippen MR) is 184 cm³/mol. The van der Waals surface area contributed by atoms with Gasteiger partial charge in [-0.15, -0.1) is 0 Å². The average molecular weight is 593 g/mol. The Morgan fingerprint density at radius 3 is 1.50 bits per heavy atom. The Kier molecular flexibility index (Phi) is 13.3. The zero-order valence-corrected chi connectivity index (χ0v) is 27.2. The van der Waals surface area contributed by atoms with Gasteiger partial charge in [0.1, 0.15) is 11.5 Å². The summed E-state index contributed by atoms with van der Waals surface area (Å²) in [4.78, 5) is 0. The zero-order valence-electron chi connectivity index (χ0n) is 27.2. The van der Waals surface area contributed by atoms with E-state index in [2.05, 4.69) is 148 Å². The largest absolute Gasteiger partial charge is 0.493 e. The van der Waals surface area contributed by atoms with Crippen LogP contribution in [0.25, 0.3) is 0 Å². The van der Waals surface area contributed by atoms with Crippen LogP contribution in [0.1, 0.15) is 94.1 Å². The highest BCUT2D eigenvalue weighted by Crippen LogP contribution is 2.33. The van der Waals surface area contributed by atoms with E-state index in [0.29, 0.717) is 6.04 Å². The molecule has 44 heavy (non-hydrogen) atoms. The minimum absolute atomic E-state index is 0.0975. The molecule has 234 valence electrons. The van der Waals surface area contributed by atoms with Crippen LogP contribution in [0.15, 0.2) is 109 Å². The number of unbranched alkanes of at least 4 members (excludes halogenated alkanes) is 3. The molecule has 0 spiro atoms. The number of hydrogen-bond acceptors (Lipinski definition) is 4. The molecule has 0 saturated heterocycles. The minimum Gasteiger partial charge on any atom is -0.493 e. The number of hydrogen-bond donors (Lipinski definition) is 2. The van der Waals surface area contributed by atoms with Crippen LogP contribution >= 0.6 is 0 Å². The lowest BCUT2D eigenvalue weighted by atomic mass is 9.82. The predicted octanol–water partition coefficient (Wildman–Crippen LogP) is 9.82. The molecule has 0 bridgehead atoms. The fraction of sp³-hybridized carbons (Fsp3) is 0.400. The van der Waals surface area contributed by atoms with Gasteiger partial charge >= 0.3 is 0 Å². The van der Waals surface area contributed by atoms with Crippen molar-refractivity contribution in [1.29, 1.82) is 0 Å². The summed E-state index contributed by atoms with van der Waals surface area (Å²) in [5.41, 5.74) is 5.15. The first kappa shape index (κ1) is 33.3. The fourth-order valence-electron chi connectivity index (χ4n) is 5.70. The van der Waals surface area contributed by atoms with Crippen molar-refractivity contribution in [2.45, 2.75) is 85.0 Å². The third-order valence-corrected chi connectivity index (χ3v) is 8.14. The number of para-hydroxylation sites is 2. The maximum atomic E-state index is 6.26. The van der Waals surface area contributed by atoms with Crippen LogP contribution < -0.4 is 20.1 Å². The fourth-order valence-corrected chi connectivity index (χ4v) is 5.70. The lowest BCUT2D eigenvalue weighted by molar-refractivity contribution is 0.265. The van der Waals surface area contributed by atoms with Crippen molar-refractivity contribution in [3.63, 3.8) is 0 Å². The third-order valence-electron chi connectivity index (χ3n) is 8.14. The lowest BCUT2D eigenvalue weighted by Gasteiger charge is -2.32. The first-order valence-electron chi connectivity index (χ1n) is 16.4. The Hall–Kier alpha value is -3.60. The van der Waals surface area contributed by atoms with E-state index in [9.17, 15) is 0 Å². The molecule has 4 aromatic rings. The number of ether oxygens (including phenoxy) is 2. The molecule has 0 aliphatic heterocycles. The standard InChI is InChI=1S/C40H52N2O2/c1-5-36(32-20-10-8-11-21-32)41-30-34-24-14-16-26-37(34)43-28-18-6-7-19-29-44-38-27-17-15-25-35(38)31-42-39(40(2,3)4)33-22-12-9-13-23-33/h8-17,20-27,36,39,41-42H,5-7,18-19,28-31H2,1-4H3/t36-,39+/m1/s1. The van der Waals surface area contributed by atoms with Crippen molar-refractivity contribution in [3.05, 3.63) is 131 Å². The summed E-state index contributed by atoms with van der Waals surface area (Å²) >= 11 is 0. The zero-order chi connectivity index (χ0) is 31.0. The summed E-state index contributed by atoms with van der Waals surface area (Å²) in [6, 6.07) is 38.8. The van der Waals surface area contributed by atoms with E-state index in [4.69, 9.17) is 9.47 Å². The maximum absolute atomic E-state index is 6.26. The summed E-state index contributed by atoms with van der Waals surface area (Å²) < 4.78 is 12.5. The van der Waals surface area contributed by atoms with Crippen molar-refractivity contribution >= 4 is 0 Å². The summed E-state index contributed by atoms with van der Waals surface area (Å²) in [7, 11) is 0. The lowest BCUT2D eigenvalue weighted by Crippen LogP contribution is -2.32. The van der Waals surface area contributed by atoms with Crippen LogP contribution in [0, 0.1) is 5.41 Å². The van der Waals surface area contributed by atoms with Gasteiger partial charge in [0.2, 0.25) is 0 Å². The van der Waals surface area contributed by atoms with Gasteiger partial charge in [0.05, 0.1) is 13.2 Å². The van der Waals surface area contributed by atoms with Gasteiger partial charge < -0.3 is 20.1 Å². The van der Waals surface area contributed by atoms with Gasteiger partial charge in [-0.2, -0.15) is 0 Å². The molecule has 0 saturated carbocycles. The average Bonchev–Trinajstić information content (AvgIpc) is 3.04. The molecular formula is C40H52N2O2. The number of benzene rings is 4. The van der Waals surface area contributed by atoms with E-state index in [-0.39, 0.29) is 11.5 Å². The van der Waals surface area contributed by atoms with E-state index >= 15 is 0 Å². The maximum Gasteiger partial charge on any atom is 0.123 e. The van der Waals surface area contributed by atoms with E-state index in [1.165, 1.54) is 22.3 Å². The Balaban J connectivity index is 1.16. The topological polar surface area (TPSA) is 42.5 Å². The Labute approximate surface area is 266 Å². The smallest absolute Gasteiger partial charge is 0.123 e. The van der Waals surface area contributed by atoms with Crippen molar-refractivity contribution in [2.75, 3.05) is 13.2 Å². The van der Waals surface area contributed by atoms with E-state index in [1.807, 2.05) is 0 Å². The monoisotopic (exact) mass is 592 g/mol. The van der Waals surface area contributed by atoms with E-state index in [1.54, 1.807) is 0 Å². The molecule has 0 heterocycles. The second-order valence-corrected chi connectivity index (χ2v) is 12.7. The Morgan fingerprint density at radius 2 is 1.00 bits per heavy atom. The quantitative estimate of drug-likeness (QED) is 0.113. The second kappa shape index (κ2) is 17.6. The SMILES string of the molecule is CC[C@@H](NCc1ccccc1OCCCCCCOc1ccccc1CN[C@@H](c1ccccc1)C(C)(C)C)c1ccccc1. The summed E-state index contributed by atoms with van der Waals surface area (Å²) in [6.45, 7) is 12.1. The summed E-state index contributed by atoms with van der Waals surface area (Å²) in [5.74, 6) is 1.96. The highest BCUT2D eigenvalue weighted by Gasteiger charge is 2.25. The highest BCUT2D eigenvalue weighted by atomic mass is 16.5. The van der Waals surface area contributed by atoms with Gasteiger partial charge in [-0.3, -0.25) is 0 Å². The van der Waals surface area contributed by atoms with E-state index in [0.717, 1.165) is 69.9 Å². The molecule has 0 amide bonds. The van der Waals surface area contributed by atoms with Crippen molar-refractivity contribution in [2.24, 2.45) is 5.41 Å². The molecule has 2 atom stereocenters. The third kappa shape index (κ3) is 10.5. The van der Waals surface area contributed by atoms with Crippen LogP contribution in [0.2, 0.25) is 0 Å². The molecule has 0 aromatic heterocycles. The molecule has 4 rings (SSSR count). The van der Waals surface area contributed by atoms with Gasteiger partial charge in [-0.05, 0) is 60.8 Å². The molecule has 4 aromatic carbocycles. The van der Waals surface area contributed by atoms with Crippen molar-refractivity contribution in [3.8, 4) is 11.5 Å². The summed E-state index contributed by atoms with van der Waals surface area (Å²) in [6.07, 6.45) is 5.38. The molecular weight excluding hydrogens is 540 g/mol. The number of rotatable bonds is 18.